The van der Waals surface area contributed by atoms with Crippen molar-refractivity contribution in [1.29, 1.82) is 0 Å². The van der Waals surface area contributed by atoms with E-state index in [2.05, 4.69) is 9.97 Å². The van der Waals surface area contributed by atoms with Crippen molar-refractivity contribution in [2.45, 2.75) is 6.92 Å². The lowest BCUT2D eigenvalue weighted by molar-refractivity contribution is 0.577. The highest BCUT2D eigenvalue weighted by molar-refractivity contribution is 5.78. The second-order valence-corrected chi connectivity index (χ2v) is 3.54. The van der Waals surface area contributed by atoms with Gasteiger partial charge >= 0.3 is 0 Å². The molecule has 3 heteroatoms. The average Bonchev–Trinajstić information content (AvgIpc) is 2.82. The van der Waals surface area contributed by atoms with Gasteiger partial charge in [0, 0.05) is 0 Å². The van der Waals surface area contributed by atoms with Crippen LogP contribution in [0.5, 0.6) is 0 Å². The molecule has 0 amide bonds. The normalized spacial score (nSPS) is 11.0. The fourth-order valence-electron chi connectivity index (χ4n) is 1.68. The molecule has 0 atom stereocenters. The molecule has 3 nitrogen and oxygen atoms in total. The maximum atomic E-state index is 5.39. The van der Waals surface area contributed by atoms with Gasteiger partial charge in [-0.3, -0.25) is 0 Å². The quantitative estimate of drug-likeness (QED) is 0.652. The predicted molar refractivity (Wildman–Crippen MR) is 58.5 cm³/mol. The van der Waals surface area contributed by atoms with E-state index < -0.39 is 0 Å². The number of rotatable bonds is 1. The Morgan fingerprint density at radius 1 is 1.20 bits per heavy atom. The maximum Gasteiger partial charge on any atom is 0.174 e. The minimum Gasteiger partial charge on any atom is -0.461 e. The summed E-state index contributed by atoms with van der Waals surface area (Å²) < 4.78 is 5.39. The summed E-state index contributed by atoms with van der Waals surface area (Å²) in [5, 5.41) is 0. The molecule has 15 heavy (non-hydrogen) atoms. The summed E-state index contributed by atoms with van der Waals surface area (Å²) in [6, 6.07) is 9.88. The number of aryl methyl sites for hydroxylation is 1. The Labute approximate surface area is 86.8 Å². The van der Waals surface area contributed by atoms with Crippen LogP contribution in [-0.2, 0) is 0 Å². The standard InChI is InChI=1S/C12H10N2O/c1-8-6-7-15-11(8)12-13-9-4-2-3-5-10(9)14-12/h2-7H,1H3,(H,13,14). The molecule has 0 bridgehead atoms. The van der Waals surface area contributed by atoms with Crippen LogP contribution in [0, 0.1) is 6.92 Å². The van der Waals surface area contributed by atoms with Gasteiger partial charge in [0.05, 0.1) is 17.3 Å². The number of furan rings is 1. The van der Waals surface area contributed by atoms with Crippen LogP contribution in [-0.4, -0.2) is 9.97 Å². The van der Waals surface area contributed by atoms with E-state index >= 15 is 0 Å². The molecule has 1 aromatic carbocycles. The Bertz CT molecular complexity index is 574. The van der Waals surface area contributed by atoms with Gasteiger partial charge in [0.2, 0.25) is 0 Å². The molecule has 0 saturated carbocycles. The highest BCUT2D eigenvalue weighted by atomic mass is 16.3. The molecule has 2 aromatic heterocycles. The van der Waals surface area contributed by atoms with E-state index in [1.165, 1.54) is 0 Å². The van der Waals surface area contributed by atoms with Gasteiger partial charge in [-0.25, -0.2) is 4.98 Å². The van der Waals surface area contributed by atoms with E-state index in [9.17, 15) is 0 Å². The molecule has 0 aliphatic heterocycles. The zero-order valence-corrected chi connectivity index (χ0v) is 8.32. The summed E-state index contributed by atoms with van der Waals surface area (Å²) in [6.07, 6.45) is 1.68. The monoisotopic (exact) mass is 198 g/mol. The summed E-state index contributed by atoms with van der Waals surface area (Å²) in [6.45, 7) is 2.01. The summed E-state index contributed by atoms with van der Waals surface area (Å²) >= 11 is 0. The van der Waals surface area contributed by atoms with Crippen LogP contribution in [0.4, 0.5) is 0 Å². The number of para-hydroxylation sites is 2. The van der Waals surface area contributed by atoms with Crippen molar-refractivity contribution in [2.24, 2.45) is 0 Å². The molecule has 0 saturated heterocycles. The van der Waals surface area contributed by atoms with Crippen molar-refractivity contribution in [2.75, 3.05) is 0 Å². The second kappa shape index (κ2) is 2.98. The fraction of sp³-hybridized carbons (Fsp3) is 0.0833. The minimum atomic E-state index is 0.790. The first kappa shape index (κ1) is 8.29. The van der Waals surface area contributed by atoms with E-state index in [1.807, 2.05) is 37.3 Å². The van der Waals surface area contributed by atoms with Crippen molar-refractivity contribution in [3.63, 3.8) is 0 Å². The summed E-state index contributed by atoms with van der Waals surface area (Å²) in [4.78, 5) is 7.70. The molecule has 0 unspecified atom stereocenters. The number of hydrogen-bond acceptors (Lipinski definition) is 2. The summed E-state index contributed by atoms with van der Waals surface area (Å²) in [5.74, 6) is 1.60. The zero-order valence-electron chi connectivity index (χ0n) is 8.32. The van der Waals surface area contributed by atoms with Crippen molar-refractivity contribution in [3.8, 4) is 11.6 Å². The van der Waals surface area contributed by atoms with Gasteiger partial charge in [-0.1, -0.05) is 12.1 Å². The first-order valence-corrected chi connectivity index (χ1v) is 4.84. The number of aromatic amines is 1. The third-order valence-corrected chi connectivity index (χ3v) is 2.47. The van der Waals surface area contributed by atoms with E-state index in [-0.39, 0.29) is 0 Å². The number of imidazole rings is 1. The third kappa shape index (κ3) is 1.24. The lowest BCUT2D eigenvalue weighted by atomic mass is 10.3. The Morgan fingerprint density at radius 3 is 2.80 bits per heavy atom. The van der Waals surface area contributed by atoms with E-state index in [1.54, 1.807) is 6.26 Å². The molecule has 0 aliphatic carbocycles. The number of H-pyrrole nitrogens is 1. The topological polar surface area (TPSA) is 41.8 Å². The molecule has 1 N–H and O–H groups in total. The molecular weight excluding hydrogens is 188 g/mol. The van der Waals surface area contributed by atoms with Crippen LogP contribution >= 0.6 is 0 Å². The van der Waals surface area contributed by atoms with Crippen molar-refractivity contribution in [3.05, 3.63) is 42.2 Å². The zero-order chi connectivity index (χ0) is 10.3. The van der Waals surface area contributed by atoms with Crippen LogP contribution in [0.15, 0.2) is 41.0 Å². The van der Waals surface area contributed by atoms with E-state index in [4.69, 9.17) is 4.42 Å². The van der Waals surface area contributed by atoms with Gasteiger partial charge < -0.3 is 9.40 Å². The van der Waals surface area contributed by atoms with Gasteiger partial charge in [-0.15, -0.1) is 0 Å². The Balaban J connectivity index is 2.24. The largest absolute Gasteiger partial charge is 0.461 e. The molecule has 0 aliphatic rings. The van der Waals surface area contributed by atoms with Crippen molar-refractivity contribution in [1.82, 2.24) is 9.97 Å². The number of hydrogen-bond donors (Lipinski definition) is 1. The molecule has 3 rings (SSSR count). The lowest BCUT2D eigenvalue weighted by Gasteiger charge is -1.90. The van der Waals surface area contributed by atoms with Crippen LogP contribution in [0.3, 0.4) is 0 Å². The molecular formula is C12H10N2O. The average molecular weight is 198 g/mol. The SMILES string of the molecule is Cc1ccoc1-c1nc2ccccc2[nH]1. The lowest BCUT2D eigenvalue weighted by Crippen LogP contribution is -1.78. The van der Waals surface area contributed by atoms with Gasteiger partial charge in [0.15, 0.2) is 11.6 Å². The van der Waals surface area contributed by atoms with Crippen LogP contribution in [0.1, 0.15) is 5.56 Å². The Kier molecular flexibility index (Phi) is 1.65. The number of fused-ring (bicyclic) bond motifs is 1. The molecule has 0 fully saturated rings. The van der Waals surface area contributed by atoms with E-state index in [0.717, 1.165) is 28.2 Å². The van der Waals surface area contributed by atoms with Gasteiger partial charge in [0.1, 0.15) is 0 Å². The molecule has 0 radical (unpaired) electrons. The summed E-state index contributed by atoms with van der Waals surface area (Å²) in [5.41, 5.74) is 3.08. The van der Waals surface area contributed by atoms with Gasteiger partial charge in [-0.2, -0.15) is 0 Å². The van der Waals surface area contributed by atoms with E-state index in [0.29, 0.717) is 0 Å². The first-order chi connectivity index (χ1) is 7.34. The Morgan fingerprint density at radius 2 is 2.07 bits per heavy atom. The predicted octanol–water partition coefficient (Wildman–Crippen LogP) is 3.13. The summed E-state index contributed by atoms with van der Waals surface area (Å²) in [7, 11) is 0. The molecule has 74 valence electrons. The number of nitrogens with zero attached hydrogens (tertiary/aromatic N) is 1. The second-order valence-electron chi connectivity index (χ2n) is 3.54. The van der Waals surface area contributed by atoms with Gasteiger partial charge in [-0.05, 0) is 30.7 Å². The molecule has 3 aromatic rings. The maximum absolute atomic E-state index is 5.39. The van der Waals surface area contributed by atoms with Gasteiger partial charge in [0.25, 0.3) is 0 Å². The number of nitrogens with one attached hydrogen (secondary N) is 1. The first-order valence-electron chi connectivity index (χ1n) is 4.84. The van der Waals surface area contributed by atoms with Crippen molar-refractivity contribution < 1.29 is 4.42 Å². The number of benzene rings is 1. The number of aromatic nitrogens is 2. The van der Waals surface area contributed by atoms with Crippen molar-refractivity contribution >= 4 is 11.0 Å². The molecule has 2 heterocycles. The highest BCUT2D eigenvalue weighted by Crippen LogP contribution is 2.23. The minimum absolute atomic E-state index is 0.790. The highest BCUT2D eigenvalue weighted by Gasteiger charge is 2.09. The fourth-order valence-corrected chi connectivity index (χ4v) is 1.68. The van der Waals surface area contributed by atoms with Crippen LogP contribution in [0.2, 0.25) is 0 Å². The Hall–Kier alpha value is -2.03. The third-order valence-electron chi connectivity index (χ3n) is 2.47. The smallest absolute Gasteiger partial charge is 0.174 e. The molecule has 0 spiro atoms. The van der Waals surface area contributed by atoms with Crippen LogP contribution < -0.4 is 0 Å². The van der Waals surface area contributed by atoms with Crippen LogP contribution in [0.25, 0.3) is 22.6 Å².